The molecule has 0 bridgehead atoms. The Morgan fingerprint density at radius 3 is 2.35 bits per heavy atom. The van der Waals surface area contributed by atoms with Crippen LogP contribution >= 0.6 is 0 Å². The lowest BCUT2D eigenvalue weighted by atomic mass is 9.98. The van der Waals surface area contributed by atoms with E-state index in [-0.39, 0.29) is 24.9 Å². The van der Waals surface area contributed by atoms with Crippen LogP contribution in [0.2, 0.25) is 0 Å². The van der Waals surface area contributed by atoms with Gasteiger partial charge in [-0.05, 0) is 42.5 Å². The summed E-state index contributed by atoms with van der Waals surface area (Å²) in [5.41, 5.74) is 2.20. The molecule has 0 unspecified atom stereocenters. The number of carbonyl (C=O) groups excluding carboxylic acids is 1. The number of amides is 1. The molecule has 0 N–H and O–H groups in total. The van der Waals surface area contributed by atoms with Gasteiger partial charge in [-0.3, -0.25) is 4.79 Å². The molecule has 0 aromatic heterocycles. The maximum atomic E-state index is 12.6. The van der Waals surface area contributed by atoms with Gasteiger partial charge in [0, 0.05) is 32.1 Å². The number of methoxy groups -OCH3 is 2. The van der Waals surface area contributed by atoms with Crippen LogP contribution < -0.4 is 9.47 Å². The molecule has 1 aromatic rings. The van der Waals surface area contributed by atoms with Gasteiger partial charge in [0.05, 0.1) is 20.5 Å². The highest BCUT2D eigenvalue weighted by Crippen LogP contribution is 2.33. The molecule has 26 heavy (non-hydrogen) atoms. The zero-order chi connectivity index (χ0) is 18.9. The molecule has 144 valence electrons. The minimum Gasteiger partial charge on any atom is -0.493 e. The zero-order valence-electron chi connectivity index (χ0n) is 15.5. The van der Waals surface area contributed by atoms with Gasteiger partial charge in [0.25, 0.3) is 0 Å². The van der Waals surface area contributed by atoms with Crippen LogP contribution in [0.25, 0.3) is 0 Å². The largest absolute Gasteiger partial charge is 0.493 e. The van der Waals surface area contributed by atoms with Crippen molar-refractivity contribution in [3.8, 4) is 11.5 Å². The second kappa shape index (κ2) is 7.44. The van der Waals surface area contributed by atoms with E-state index < -0.39 is 10.0 Å². The quantitative estimate of drug-likeness (QED) is 0.713. The van der Waals surface area contributed by atoms with Crippen molar-refractivity contribution in [3.05, 3.63) is 23.3 Å². The summed E-state index contributed by atoms with van der Waals surface area (Å²) in [5, 5.41) is 0. The van der Waals surface area contributed by atoms with Crippen molar-refractivity contribution in [3.63, 3.8) is 0 Å². The number of benzene rings is 1. The van der Waals surface area contributed by atoms with E-state index in [4.69, 9.17) is 9.47 Å². The maximum absolute atomic E-state index is 12.6. The Bertz CT molecular complexity index is 789. The predicted molar refractivity (Wildman–Crippen MR) is 97.9 cm³/mol. The van der Waals surface area contributed by atoms with Gasteiger partial charge in [-0.1, -0.05) is 0 Å². The normalized spacial score (nSPS) is 17.2. The SMILES string of the molecule is COc1cc2c(cc1OC)CN(C(=O)CCN(C1CC1)S(C)(=O)=O)CC2. The first kappa shape index (κ1) is 19.0. The molecular formula is C18H26N2O5S. The number of hydrogen-bond acceptors (Lipinski definition) is 5. The molecule has 2 aliphatic rings. The highest BCUT2D eigenvalue weighted by atomic mass is 32.2. The Kier molecular flexibility index (Phi) is 5.43. The summed E-state index contributed by atoms with van der Waals surface area (Å²) >= 11 is 0. The Morgan fingerprint density at radius 1 is 1.19 bits per heavy atom. The molecule has 1 aromatic carbocycles. The Morgan fingerprint density at radius 2 is 1.81 bits per heavy atom. The number of carbonyl (C=O) groups is 1. The molecule has 7 nitrogen and oxygen atoms in total. The highest BCUT2D eigenvalue weighted by Gasteiger charge is 2.35. The second-order valence-corrected chi connectivity index (χ2v) is 8.83. The lowest BCUT2D eigenvalue weighted by molar-refractivity contribution is -0.132. The van der Waals surface area contributed by atoms with E-state index in [1.54, 1.807) is 19.1 Å². The van der Waals surface area contributed by atoms with Crippen LogP contribution in [0.15, 0.2) is 12.1 Å². The first-order valence-corrected chi connectivity index (χ1v) is 10.7. The highest BCUT2D eigenvalue weighted by molar-refractivity contribution is 7.88. The van der Waals surface area contributed by atoms with Crippen molar-refractivity contribution in [1.82, 2.24) is 9.21 Å². The molecule has 8 heteroatoms. The van der Waals surface area contributed by atoms with E-state index in [1.807, 2.05) is 12.1 Å². The first-order chi connectivity index (χ1) is 12.3. The van der Waals surface area contributed by atoms with Crippen LogP contribution in [0.5, 0.6) is 11.5 Å². The van der Waals surface area contributed by atoms with Crippen LogP contribution in [0.4, 0.5) is 0 Å². The van der Waals surface area contributed by atoms with Gasteiger partial charge in [-0.15, -0.1) is 0 Å². The summed E-state index contributed by atoms with van der Waals surface area (Å²) in [7, 11) is -0.0629. The number of sulfonamides is 1. The number of fused-ring (bicyclic) bond motifs is 1. The lowest BCUT2D eigenvalue weighted by Gasteiger charge is -2.30. The average Bonchev–Trinajstić information content (AvgIpc) is 3.43. The number of hydrogen-bond donors (Lipinski definition) is 0. The average molecular weight is 382 g/mol. The molecule has 0 radical (unpaired) electrons. The fourth-order valence-electron chi connectivity index (χ4n) is 3.44. The minimum absolute atomic E-state index is 0.0141. The third-order valence-electron chi connectivity index (χ3n) is 5.00. The topological polar surface area (TPSA) is 76.2 Å². The lowest BCUT2D eigenvalue weighted by Crippen LogP contribution is -2.39. The third-order valence-corrected chi connectivity index (χ3v) is 6.33. The van der Waals surface area contributed by atoms with Crippen LogP contribution in [-0.4, -0.2) is 63.1 Å². The van der Waals surface area contributed by atoms with Gasteiger partial charge >= 0.3 is 0 Å². The van der Waals surface area contributed by atoms with Gasteiger partial charge < -0.3 is 14.4 Å². The van der Waals surface area contributed by atoms with E-state index in [0.29, 0.717) is 24.6 Å². The molecule has 1 amide bonds. The van der Waals surface area contributed by atoms with E-state index in [9.17, 15) is 13.2 Å². The molecule has 0 atom stereocenters. The molecule has 1 fully saturated rings. The number of rotatable bonds is 7. The summed E-state index contributed by atoms with van der Waals surface area (Å²) in [6, 6.07) is 3.96. The summed E-state index contributed by atoms with van der Waals surface area (Å²) in [5.74, 6) is 1.33. The number of ether oxygens (including phenoxy) is 2. The standard InChI is InChI=1S/C18H26N2O5S/c1-24-16-10-13-6-8-19(12-14(13)11-17(16)25-2)18(21)7-9-20(15-4-5-15)26(3,22)23/h10-11,15H,4-9,12H2,1-3H3. The molecule has 3 rings (SSSR count). The first-order valence-electron chi connectivity index (χ1n) is 8.82. The van der Waals surface area contributed by atoms with Crippen LogP contribution in [0, 0.1) is 0 Å². The fourth-order valence-corrected chi connectivity index (χ4v) is 4.62. The van der Waals surface area contributed by atoms with E-state index in [1.165, 1.54) is 10.6 Å². The smallest absolute Gasteiger partial charge is 0.224 e. The fraction of sp³-hybridized carbons (Fsp3) is 0.611. The molecule has 1 heterocycles. The molecule has 0 saturated heterocycles. The van der Waals surface area contributed by atoms with Gasteiger partial charge in [0.1, 0.15) is 0 Å². The van der Waals surface area contributed by atoms with E-state index >= 15 is 0 Å². The third kappa shape index (κ3) is 4.12. The Balaban J connectivity index is 1.65. The van der Waals surface area contributed by atoms with Crippen molar-refractivity contribution in [2.24, 2.45) is 0 Å². The van der Waals surface area contributed by atoms with Crippen LogP contribution in [0.1, 0.15) is 30.4 Å². The number of nitrogens with zero attached hydrogens (tertiary/aromatic N) is 2. The maximum Gasteiger partial charge on any atom is 0.224 e. The Labute approximate surface area is 154 Å². The van der Waals surface area contributed by atoms with Crippen molar-refractivity contribution in [2.45, 2.75) is 38.3 Å². The molecule has 1 aliphatic heterocycles. The van der Waals surface area contributed by atoms with Gasteiger partial charge in [-0.25, -0.2) is 8.42 Å². The van der Waals surface area contributed by atoms with Gasteiger partial charge in [0.2, 0.25) is 15.9 Å². The van der Waals surface area contributed by atoms with Crippen molar-refractivity contribution in [1.29, 1.82) is 0 Å². The zero-order valence-corrected chi connectivity index (χ0v) is 16.3. The minimum atomic E-state index is -3.26. The van der Waals surface area contributed by atoms with Crippen molar-refractivity contribution < 1.29 is 22.7 Å². The van der Waals surface area contributed by atoms with Crippen LogP contribution in [-0.2, 0) is 27.8 Å². The van der Waals surface area contributed by atoms with Crippen LogP contribution in [0.3, 0.4) is 0 Å². The molecule has 1 saturated carbocycles. The summed E-state index contributed by atoms with van der Waals surface area (Å²) in [6.45, 7) is 1.40. The van der Waals surface area contributed by atoms with E-state index in [2.05, 4.69) is 0 Å². The van der Waals surface area contributed by atoms with Crippen molar-refractivity contribution in [2.75, 3.05) is 33.6 Å². The summed E-state index contributed by atoms with van der Waals surface area (Å²) in [6.07, 6.45) is 3.96. The predicted octanol–water partition coefficient (Wildman–Crippen LogP) is 1.40. The van der Waals surface area contributed by atoms with Gasteiger partial charge in [0.15, 0.2) is 11.5 Å². The second-order valence-electron chi connectivity index (χ2n) is 6.90. The monoisotopic (exact) mass is 382 g/mol. The summed E-state index contributed by atoms with van der Waals surface area (Å²) in [4.78, 5) is 14.4. The van der Waals surface area contributed by atoms with E-state index in [0.717, 1.165) is 30.4 Å². The summed E-state index contributed by atoms with van der Waals surface area (Å²) < 4.78 is 35.9. The molecule has 0 spiro atoms. The molecule has 1 aliphatic carbocycles. The van der Waals surface area contributed by atoms with Gasteiger partial charge in [-0.2, -0.15) is 4.31 Å². The molecular weight excluding hydrogens is 356 g/mol. The van der Waals surface area contributed by atoms with Crippen molar-refractivity contribution >= 4 is 15.9 Å². The Hall–Kier alpha value is -1.80.